The standard InChI is InChI=1S/C22H16F3NO3S2/c23-22(24,25)14-8-9-16-15(11-14)18(27)19(31-16)20(28)26-12-21(29,17-7-4-10-30-17)13-5-2-1-3-6-13/h1-11,27,29H,12H2,(H,26,28). The zero-order valence-corrected chi connectivity index (χ0v) is 17.4. The number of fused-ring (bicyclic) bond motifs is 1. The van der Waals surface area contributed by atoms with Gasteiger partial charge in [-0.05, 0) is 35.2 Å². The van der Waals surface area contributed by atoms with Crippen molar-refractivity contribution in [1.29, 1.82) is 0 Å². The number of aliphatic hydroxyl groups is 1. The lowest BCUT2D eigenvalue weighted by Crippen LogP contribution is -2.41. The number of amides is 1. The van der Waals surface area contributed by atoms with E-state index in [1.165, 1.54) is 17.4 Å². The second kappa shape index (κ2) is 7.99. The Hall–Kier alpha value is -2.88. The number of nitrogens with one attached hydrogen (secondary N) is 1. The van der Waals surface area contributed by atoms with Crippen LogP contribution in [-0.2, 0) is 11.8 Å². The molecule has 0 saturated carbocycles. The minimum atomic E-state index is -4.56. The van der Waals surface area contributed by atoms with Crippen molar-refractivity contribution >= 4 is 38.7 Å². The molecule has 2 aromatic heterocycles. The maximum Gasteiger partial charge on any atom is 0.416 e. The minimum absolute atomic E-state index is 0.0402. The van der Waals surface area contributed by atoms with E-state index in [4.69, 9.17) is 0 Å². The summed E-state index contributed by atoms with van der Waals surface area (Å²) in [5, 5.41) is 26.2. The van der Waals surface area contributed by atoms with Crippen LogP contribution >= 0.6 is 22.7 Å². The molecule has 0 radical (unpaired) electrons. The van der Waals surface area contributed by atoms with Gasteiger partial charge in [0.2, 0.25) is 0 Å². The van der Waals surface area contributed by atoms with E-state index in [0.29, 0.717) is 15.1 Å². The first-order chi connectivity index (χ1) is 14.7. The van der Waals surface area contributed by atoms with E-state index in [2.05, 4.69) is 5.32 Å². The summed E-state index contributed by atoms with van der Waals surface area (Å²) < 4.78 is 39.3. The molecule has 2 heterocycles. The van der Waals surface area contributed by atoms with Crippen molar-refractivity contribution in [2.75, 3.05) is 6.54 Å². The Morgan fingerprint density at radius 1 is 1.00 bits per heavy atom. The largest absolute Gasteiger partial charge is 0.506 e. The number of benzene rings is 2. The lowest BCUT2D eigenvalue weighted by molar-refractivity contribution is -0.137. The summed E-state index contributed by atoms with van der Waals surface area (Å²) in [7, 11) is 0. The third kappa shape index (κ3) is 4.04. The monoisotopic (exact) mass is 463 g/mol. The van der Waals surface area contributed by atoms with E-state index < -0.39 is 29.0 Å². The molecule has 2 aromatic carbocycles. The van der Waals surface area contributed by atoms with E-state index in [-0.39, 0.29) is 16.8 Å². The molecule has 4 nitrogen and oxygen atoms in total. The normalized spacial score (nSPS) is 13.8. The van der Waals surface area contributed by atoms with Gasteiger partial charge in [-0.3, -0.25) is 4.79 Å². The van der Waals surface area contributed by atoms with Crippen molar-refractivity contribution in [3.05, 3.63) is 86.9 Å². The van der Waals surface area contributed by atoms with Crippen molar-refractivity contribution in [2.24, 2.45) is 0 Å². The molecular weight excluding hydrogens is 447 g/mol. The van der Waals surface area contributed by atoms with Gasteiger partial charge in [0.15, 0.2) is 0 Å². The number of carbonyl (C=O) groups excluding carboxylic acids is 1. The molecule has 4 rings (SSSR count). The van der Waals surface area contributed by atoms with E-state index in [9.17, 15) is 28.2 Å². The number of hydrogen-bond acceptors (Lipinski definition) is 5. The number of aromatic hydroxyl groups is 1. The second-order valence-corrected chi connectivity index (χ2v) is 8.87. The van der Waals surface area contributed by atoms with Crippen LogP contribution in [-0.4, -0.2) is 22.7 Å². The molecule has 0 aliphatic carbocycles. The Balaban J connectivity index is 1.63. The molecule has 0 fully saturated rings. The summed E-state index contributed by atoms with van der Waals surface area (Å²) in [6.45, 7) is -0.183. The molecule has 4 aromatic rings. The van der Waals surface area contributed by atoms with Crippen LogP contribution in [0.3, 0.4) is 0 Å². The van der Waals surface area contributed by atoms with Crippen LogP contribution in [0.1, 0.15) is 25.7 Å². The van der Waals surface area contributed by atoms with Crippen molar-refractivity contribution in [1.82, 2.24) is 5.32 Å². The lowest BCUT2D eigenvalue weighted by Gasteiger charge is -2.28. The Bertz CT molecular complexity index is 1220. The van der Waals surface area contributed by atoms with E-state index in [1.807, 2.05) is 0 Å². The highest BCUT2D eigenvalue weighted by Crippen LogP contribution is 2.40. The van der Waals surface area contributed by atoms with Crippen LogP contribution in [0.25, 0.3) is 10.1 Å². The first-order valence-corrected chi connectivity index (χ1v) is 10.8. The van der Waals surface area contributed by atoms with Crippen LogP contribution in [0, 0.1) is 0 Å². The maximum atomic E-state index is 13.0. The van der Waals surface area contributed by atoms with Gasteiger partial charge < -0.3 is 15.5 Å². The predicted octanol–water partition coefficient (Wildman–Crippen LogP) is 5.35. The number of alkyl halides is 3. The van der Waals surface area contributed by atoms with E-state index in [0.717, 1.165) is 23.5 Å². The fourth-order valence-corrected chi connectivity index (χ4v) is 5.10. The highest BCUT2D eigenvalue weighted by molar-refractivity contribution is 7.21. The summed E-state index contributed by atoms with van der Waals surface area (Å²) >= 11 is 2.22. The molecule has 0 aliphatic heterocycles. The van der Waals surface area contributed by atoms with Gasteiger partial charge in [-0.1, -0.05) is 36.4 Å². The molecule has 3 N–H and O–H groups in total. The molecule has 1 unspecified atom stereocenters. The van der Waals surface area contributed by atoms with Gasteiger partial charge >= 0.3 is 6.18 Å². The fraction of sp³-hybridized carbons (Fsp3) is 0.136. The van der Waals surface area contributed by atoms with Gasteiger partial charge in [-0.25, -0.2) is 0 Å². The second-order valence-electron chi connectivity index (χ2n) is 6.87. The summed E-state index contributed by atoms with van der Waals surface area (Å²) in [4.78, 5) is 13.3. The number of halogens is 3. The maximum absolute atomic E-state index is 13.0. The predicted molar refractivity (Wildman–Crippen MR) is 115 cm³/mol. The Morgan fingerprint density at radius 3 is 2.39 bits per heavy atom. The lowest BCUT2D eigenvalue weighted by atomic mass is 9.92. The molecule has 0 saturated heterocycles. The van der Waals surface area contributed by atoms with Crippen LogP contribution in [0.4, 0.5) is 13.2 Å². The SMILES string of the molecule is O=C(NCC(O)(c1ccccc1)c1cccs1)c1sc2ccc(C(F)(F)F)cc2c1O. The topological polar surface area (TPSA) is 69.6 Å². The molecule has 1 amide bonds. The Labute approximate surface area is 183 Å². The summed E-state index contributed by atoms with van der Waals surface area (Å²) in [5.41, 5.74) is -1.83. The minimum Gasteiger partial charge on any atom is -0.506 e. The average molecular weight is 464 g/mol. The van der Waals surface area contributed by atoms with Gasteiger partial charge in [0.1, 0.15) is 16.2 Å². The van der Waals surface area contributed by atoms with Crippen LogP contribution in [0.2, 0.25) is 0 Å². The average Bonchev–Trinajstić information content (AvgIpc) is 3.40. The number of thiophene rings is 2. The summed E-state index contributed by atoms with van der Waals surface area (Å²) in [6.07, 6.45) is -4.56. The molecule has 0 bridgehead atoms. The number of carbonyl (C=O) groups is 1. The Morgan fingerprint density at radius 2 is 1.74 bits per heavy atom. The van der Waals surface area contributed by atoms with Crippen LogP contribution in [0.5, 0.6) is 5.75 Å². The molecular formula is C22H16F3NO3S2. The van der Waals surface area contributed by atoms with Crippen molar-refractivity contribution in [3.8, 4) is 5.75 Å². The van der Waals surface area contributed by atoms with Gasteiger partial charge in [-0.15, -0.1) is 22.7 Å². The fourth-order valence-electron chi connectivity index (χ4n) is 3.26. The zero-order valence-electron chi connectivity index (χ0n) is 15.8. The third-order valence-corrected chi connectivity index (χ3v) is 7.06. The van der Waals surface area contributed by atoms with Crippen molar-refractivity contribution in [2.45, 2.75) is 11.8 Å². The summed E-state index contributed by atoms with van der Waals surface area (Å²) in [5.74, 6) is -1.19. The van der Waals surface area contributed by atoms with Crippen molar-refractivity contribution < 1.29 is 28.2 Å². The van der Waals surface area contributed by atoms with Gasteiger partial charge in [-0.2, -0.15) is 13.2 Å². The molecule has 1 atom stereocenters. The van der Waals surface area contributed by atoms with Crippen LogP contribution in [0.15, 0.2) is 66.0 Å². The highest BCUT2D eigenvalue weighted by Gasteiger charge is 2.34. The number of rotatable bonds is 5. The highest BCUT2D eigenvalue weighted by atomic mass is 32.1. The molecule has 0 aliphatic rings. The molecule has 9 heteroatoms. The van der Waals surface area contributed by atoms with Gasteiger partial charge in [0.05, 0.1) is 12.1 Å². The molecule has 31 heavy (non-hydrogen) atoms. The quantitative estimate of drug-likeness (QED) is 0.374. The van der Waals surface area contributed by atoms with E-state index >= 15 is 0 Å². The number of hydrogen-bond donors (Lipinski definition) is 3. The smallest absolute Gasteiger partial charge is 0.416 e. The Kier molecular flexibility index (Phi) is 5.50. The van der Waals surface area contributed by atoms with Gasteiger partial charge in [0, 0.05) is 15.0 Å². The third-order valence-electron chi connectivity index (χ3n) is 4.88. The zero-order chi connectivity index (χ0) is 22.2. The van der Waals surface area contributed by atoms with Gasteiger partial charge in [0.25, 0.3) is 5.91 Å². The van der Waals surface area contributed by atoms with E-state index in [1.54, 1.807) is 47.8 Å². The first kappa shape index (κ1) is 21.4. The summed E-state index contributed by atoms with van der Waals surface area (Å²) in [6, 6.07) is 15.3. The van der Waals surface area contributed by atoms with Crippen molar-refractivity contribution in [3.63, 3.8) is 0 Å². The molecule has 0 spiro atoms. The first-order valence-electron chi connectivity index (χ1n) is 9.13. The van der Waals surface area contributed by atoms with Crippen LogP contribution < -0.4 is 5.32 Å². The molecule has 160 valence electrons.